The van der Waals surface area contributed by atoms with Crippen LogP contribution in [-0.2, 0) is 19.6 Å². The summed E-state index contributed by atoms with van der Waals surface area (Å²) < 4.78 is 47.3. The molecule has 2 fully saturated rings. The monoisotopic (exact) mass is 398 g/mol. The Morgan fingerprint density at radius 1 is 1.30 bits per heavy atom. The number of benzene rings is 1. The van der Waals surface area contributed by atoms with Crippen molar-refractivity contribution in [3.8, 4) is 0 Å². The summed E-state index contributed by atoms with van der Waals surface area (Å²) in [7, 11) is -3.83. The Morgan fingerprint density at radius 3 is 2.70 bits per heavy atom. The van der Waals surface area contributed by atoms with Crippen molar-refractivity contribution < 1.29 is 22.3 Å². The lowest BCUT2D eigenvalue weighted by Crippen LogP contribution is -2.44. The van der Waals surface area contributed by atoms with Gasteiger partial charge in [0, 0.05) is 45.3 Å². The SMILES string of the molecule is Cc1ccc(F)cc1S(=O)(=O)N(CCCN1CCCC1=O)C1CCOCC1. The van der Waals surface area contributed by atoms with Gasteiger partial charge in [-0.2, -0.15) is 4.31 Å². The third-order valence-corrected chi connectivity index (χ3v) is 7.41. The van der Waals surface area contributed by atoms with E-state index < -0.39 is 15.8 Å². The molecule has 0 radical (unpaired) electrons. The number of carbonyl (C=O) groups is 1. The molecule has 27 heavy (non-hydrogen) atoms. The maximum atomic E-state index is 13.7. The molecule has 1 aromatic rings. The first-order valence-electron chi connectivity index (χ1n) is 9.53. The molecule has 1 aromatic carbocycles. The molecule has 0 bridgehead atoms. The molecule has 8 heteroatoms. The van der Waals surface area contributed by atoms with Gasteiger partial charge < -0.3 is 9.64 Å². The van der Waals surface area contributed by atoms with Crippen molar-refractivity contribution in [1.82, 2.24) is 9.21 Å². The van der Waals surface area contributed by atoms with Crippen molar-refractivity contribution in [1.29, 1.82) is 0 Å². The molecule has 2 heterocycles. The normalized spacial score (nSPS) is 19.2. The number of aryl methyl sites for hydroxylation is 1. The number of likely N-dealkylation sites (tertiary alicyclic amines) is 1. The molecule has 2 saturated heterocycles. The number of hydrogen-bond donors (Lipinski definition) is 0. The summed E-state index contributed by atoms with van der Waals surface area (Å²) in [5.74, 6) is -0.426. The van der Waals surface area contributed by atoms with E-state index in [2.05, 4.69) is 0 Å². The van der Waals surface area contributed by atoms with Crippen LogP contribution in [0.15, 0.2) is 23.1 Å². The minimum atomic E-state index is -3.83. The number of rotatable bonds is 7. The van der Waals surface area contributed by atoms with E-state index in [1.807, 2.05) is 0 Å². The molecule has 6 nitrogen and oxygen atoms in total. The second-order valence-electron chi connectivity index (χ2n) is 7.21. The maximum Gasteiger partial charge on any atom is 0.243 e. The summed E-state index contributed by atoms with van der Waals surface area (Å²) in [6, 6.07) is 3.70. The lowest BCUT2D eigenvalue weighted by Gasteiger charge is -2.34. The molecule has 3 rings (SSSR count). The quantitative estimate of drug-likeness (QED) is 0.707. The van der Waals surface area contributed by atoms with Gasteiger partial charge >= 0.3 is 0 Å². The van der Waals surface area contributed by atoms with E-state index in [0.717, 1.165) is 19.0 Å². The molecule has 0 aromatic heterocycles. The molecule has 0 N–H and O–H groups in total. The molecule has 2 aliphatic rings. The molecule has 0 spiro atoms. The zero-order valence-electron chi connectivity index (χ0n) is 15.7. The first kappa shape index (κ1) is 20.2. The number of nitrogens with zero attached hydrogens (tertiary/aromatic N) is 2. The number of amides is 1. The van der Waals surface area contributed by atoms with Crippen LogP contribution < -0.4 is 0 Å². The highest BCUT2D eigenvalue weighted by atomic mass is 32.2. The first-order chi connectivity index (χ1) is 12.9. The molecule has 150 valence electrons. The zero-order valence-corrected chi connectivity index (χ0v) is 16.5. The fourth-order valence-electron chi connectivity index (χ4n) is 3.81. The van der Waals surface area contributed by atoms with Gasteiger partial charge in [-0.1, -0.05) is 6.07 Å². The highest BCUT2D eigenvalue weighted by Gasteiger charge is 2.33. The standard InChI is InChI=1S/C19H27FN2O4S/c1-15-5-6-16(20)14-18(15)27(24,25)22(17-7-12-26-13-8-17)11-3-10-21-9-2-4-19(21)23/h5-6,14,17H,2-4,7-13H2,1H3. The van der Waals surface area contributed by atoms with Crippen LogP contribution in [0.1, 0.15) is 37.7 Å². The third-order valence-electron chi connectivity index (χ3n) is 5.31. The van der Waals surface area contributed by atoms with Crippen LogP contribution in [0.3, 0.4) is 0 Å². The van der Waals surface area contributed by atoms with Crippen molar-refractivity contribution in [2.45, 2.75) is 50.0 Å². The molecular formula is C19H27FN2O4S. The Labute approximate surface area is 160 Å². The Hall–Kier alpha value is -1.51. The molecule has 2 aliphatic heterocycles. The van der Waals surface area contributed by atoms with Gasteiger partial charge in [-0.15, -0.1) is 0 Å². The second-order valence-corrected chi connectivity index (χ2v) is 9.07. The molecular weight excluding hydrogens is 371 g/mol. The summed E-state index contributed by atoms with van der Waals surface area (Å²) in [6.45, 7) is 4.32. The van der Waals surface area contributed by atoms with E-state index in [1.165, 1.54) is 16.4 Å². The highest BCUT2D eigenvalue weighted by molar-refractivity contribution is 7.89. The Bertz CT molecular complexity index is 778. The van der Waals surface area contributed by atoms with Crippen LogP contribution in [0.5, 0.6) is 0 Å². The van der Waals surface area contributed by atoms with Crippen LogP contribution in [0.25, 0.3) is 0 Å². The molecule has 0 unspecified atom stereocenters. The number of halogens is 1. The van der Waals surface area contributed by atoms with Gasteiger partial charge in [0.25, 0.3) is 0 Å². The Kier molecular flexibility index (Phi) is 6.49. The molecule has 0 aliphatic carbocycles. The van der Waals surface area contributed by atoms with Gasteiger partial charge in [0.15, 0.2) is 0 Å². The average Bonchev–Trinajstić information content (AvgIpc) is 3.06. The Balaban J connectivity index is 1.79. The second kappa shape index (κ2) is 8.67. The van der Waals surface area contributed by atoms with Gasteiger partial charge in [0.05, 0.1) is 4.90 Å². The summed E-state index contributed by atoms with van der Waals surface area (Å²) in [6.07, 6.45) is 3.25. The van der Waals surface area contributed by atoms with E-state index in [0.29, 0.717) is 57.6 Å². The topological polar surface area (TPSA) is 66.9 Å². The fourth-order valence-corrected chi connectivity index (χ4v) is 5.77. The molecule has 1 amide bonds. The minimum absolute atomic E-state index is 0.0197. The van der Waals surface area contributed by atoms with Crippen LogP contribution in [0.4, 0.5) is 4.39 Å². The number of hydrogen-bond acceptors (Lipinski definition) is 4. The van der Waals surface area contributed by atoms with E-state index in [9.17, 15) is 17.6 Å². The van der Waals surface area contributed by atoms with Crippen molar-refractivity contribution >= 4 is 15.9 Å². The maximum absolute atomic E-state index is 13.7. The lowest BCUT2D eigenvalue weighted by atomic mass is 10.1. The smallest absolute Gasteiger partial charge is 0.243 e. The van der Waals surface area contributed by atoms with Crippen molar-refractivity contribution in [2.24, 2.45) is 0 Å². The van der Waals surface area contributed by atoms with Crippen LogP contribution in [0.2, 0.25) is 0 Å². The van der Waals surface area contributed by atoms with Crippen molar-refractivity contribution in [3.63, 3.8) is 0 Å². The van der Waals surface area contributed by atoms with Crippen LogP contribution >= 0.6 is 0 Å². The highest BCUT2D eigenvalue weighted by Crippen LogP contribution is 2.27. The van der Waals surface area contributed by atoms with Crippen molar-refractivity contribution in [3.05, 3.63) is 29.6 Å². The predicted molar refractivity (Wildman–Crippen MR) is 99.3 cm³/mol. The average molecular weight is 399 g/mol. The van der Waals surface area contributed by atoms with E-state index in [1.54, 1.807) is 11.8 Å². The predicted octanol–water partition coefficient (Wildman–Crippen LogP) is 2.32. The first-order valence-corrected chi connectivity index (χ1v) is 11.0. The van der Waals surface area contributed by atoms with Crippen LogP contribution in [-0.4, -0.2) is 62.4 Å². The number of carbonyl (C=O) groups excluding carboxylic acids is 1. The van der Waals surface area contributed by atoms with Crippen molar-refractivity contribution in [2.75, 3.05) is 32.8 Å². The zero-order chi connectivity index (χ0) is 19.4. The van der Waals surface area contributed by atoms with Gasteiger partial charge in [-0.05, 0) is 50.3 Å². The van der Waals surface area contributed by atoms with Gasteiger partial charge in [0.2, 0.25) is 15.9 Å². The Morgan fingerprint density at radius 2 is 2.04 bits per heavy atom. The summed E-state index contributed by atoms with van der Waals surface area (Å²) in [4.78, 5) is 13.6. The van der Waals surface area contributed by atoms with Gasteiger partial charge in [0.1, 0.15) is 5.82 Å². The summed E-state index contributed by atoms with van der Waals surface area (Å²) >= 11 is 0. The van der Waals surface area contributed by atoms with E-state index in [4.69, 9.17) is 4.74 Å². The molecule has 0 saturated carbocycles. The van der Waals surface area contributed by atoms with E-state index in [-0.39, 0.29) is 16.8 Å². The number of ether oxygens (including phenoxy) is 1. The summed E-state index contributed by atoms with van der Waals surface area (Å²) in [5.41, 5.74) is 0.531. The number of sulfonamides is 1. The van der Waals surface area contributed by atoms with Gasteiger partial charge in [-0.25, -0.2) is 12.8 Å². The molecule has 0 atom stereocenters. The minimum Gasteiger partial charge on any atom is -0.381 e. The third kappa shape index (κ3) is 4.67. The fraction of sp³-hybridized carbons (Fsp3) is 0.632. The van der Waals surface area contributed by atoms with Crippen LogP contribution in [0, 0.1) is 12.7 Å². The summed E-state index contributed by atoms with van der Waals surface area (Å²) in [5, 5.41) is 0. The largest absolute Gasteiger partial charge is 0.381 e. The lowest BCUT2D eigenvalue weighted by molar-refractivity contribution is -0.127. The van der Waals surface area contributed by atoms with E-state index >= 15 is 0 Å². The van der Waals surface area contributed by atoms with Gasteiger partial charge in [-0.3, -0.25) is 4.79 Å².